The molecule has 0 bridgehead atoms. The maximum Gasteiger partial charge on any atom is 0.253 e. The number of carbonyl (C=O) groups is 2. The van der Waals surface area contributed by atoms with E-state index in [9.17, 15) is 9.59 Å². The van der Waals surface area contributed by atoms with Crippen LogP contribution >= 0.6 is 0 Å². The van der Waals surface area contributed by atoms with Crippen molar-refractivity contribution in [3.8, 4) is 11.5 Å². The van der Waals surface area contributed by atoms with Crippen LogP contribution in [-0.2, 0) is 11.3 Å². The lowest BCUT2D eigenvalue weighted by molar-refractivity contribution is -0.136. The molecule has 6 heteroatoms. The highest BCUT2D eigenvalue weighted by atomic mass is 16.7. The monoisotopic (exact) mass is 408 g/mol. The number of benzene rings is 2. The second kappa shape index (κ2) is 8.38. The van der Waals surface area contributed by atoms with E-state index in [1.165, 1.54) is 0 Å². The first-order valence-corrected chi connectivity index (χ1v) is 10.4. The molecule has 2 aliphatic heterocycles. The predicted octanol–water partition coefficient (Wildman–Crippen LogP) is 3.54. The molecule has 0 aromatic heterocycles. The molecule has 1 atom stereocenters. The highest BCUT2D eigenvalue weighted by molar-refractivity contribution is 5.95. The van der Waals surface area contributed by atoms with Gasteiger partial charge in [0.05, 0.1) is 5.92 Å². The van der Waals surface area contributed by atoms with Crippen LogP contribution in [0.3, 0.4) is 0 Å². The summed E-state index contributed by atoms with van der Waals surface area (Å²) < 4.78 is 10.8. The van der Waals surface area contributed by atoms with Crippen molar-refractivity contribution in [1.29, 1.82) is 0 Å². The highest BCUT2D eigenvalue weighted by Crippen LogP contribution is 2.33. The van der Waals surface area contributed by atoms with E-state index in [1.54, 1.807) is 4.90 Å². The molecule has 2 heterocycles. The van der Waals surface area contributed by atoms with Gasteiger partial charge in [0.2, 0.25) is 12.7 Å². The van der Waals surface area contributed by atoms with Crippen LogP contribution in [0.2, 0.25) is 0 Å². The predicted molar refractivity (Wildman–Crippen MR) is 114 cm³/mol. The lowest BCUT2D eigenvalue weighted by atomic mass is 9.95. The molecule has 0 radical (unpaired) electrons. The SMILES string of the molecule is Cc1cc(C)cc(C(=O)N2CCC[C@H](C(=O)N(C)Cc3ccc4c(c3)OCO4)C2)c1. The first-order valence-electron chi connectivity index (χ1n) is 10.4. The number of aryl methyl sites for hydroxylation is 2. The zero-order valence-corrected chi connectivity index (χ0v) is 17.8. The molecule has 158 valence electrons. The van der Waals surface area contributed by atoms with Crippen LogP contribution in [0, 0.1) is 19.8 Å². The Balaban J connectivity index is 1.40. The normalized spacial score (nSPS) is 17.7. The van der Waals surface area contributed by atoms with Crippen LogP contribution in [0.4, 0.5) is 0 Å². The Hall–Kier alpha value is -3.02. The number of hydrogen-bond acceptors (Lipinski definition) is 4. The topological polar surface area (TPSA) is 59.1 Å². The number of hydrogen-bond donors (Lipinski definition) is 0. The van der Waals surface area contributed by atoms with E-state index in [-0.39, 0.29) is 24.5 Å². The third-order valence-corrected chi connectivity index (χ3v) is 5.76. The van der Waals surface area contributed by atoms with Crippen molar-refractivity contribution in [2.24, 2.45) is 5.92 Å². The van der Waals surface area contributed by atoms with Gasteiger partial charge in [0.25, 0.3) is 5.91 Å². The standard InChI is InChI=1S/C24H28N2O4/c1-16-9-17(2)11-20(10-16)24(28)26-8-4-5-19(14-26)23(27)25(3)13-18-6-7-21-22(12-18)30-15-29-21/h6-7,9-12,19H,4-5,8,13-15H2,1-3H3/t19-/m0/s1. The van der Waals surface area contributed by atoms with Crippen LogP contribution in [0.5, 0.6) is 11.5 Å². The molecule has 30 heavy (non-hydrogen) atoms. The molecule has 0 aliphatic carbocycles. The van der Waals surface area contributed by atoms with E-state index in [1.807, 2.05) is 56.1 Å². The Bertz CT molecular complexity index is 951. The van der Waals surface area contributed by atoms with Gasteiger partial charge < -0.3 is 19.3 Å². The fourth-order valence-electron chi connectivity index (χ4n) is 4.35. The Morgan fingerprint density at radius 1 is 1.07 bits per heavy atom. The van der Waals surface area contributed by atoms with E-state index >= 15 is 0 Å². The minimum atomic E-state index is -0.174. The summed E-state index contributed by atoms with van der Waals surface area (Å²) in [6, 6.07) is 11.7. The molecular formula is C24H28N2O4. The Labute approximate surface area is 177 Å². The van der Waals surface area contributed by atoms with Gasteiger partial charge in [-0.3, -0.25) is 9.59 Å². The quantitative estimate of drug-likeness (QED) is 0.776. The summed E-state index contributed by atoms with van der Waals surface area (Å²) in [5, 5.41) is 0. The van der Waals surface area contributed by atoms with Crippen LogP contribution in [0.1, 0.15) is 39.9 Å². The van der Waals surface area contributed by atoms with E-state index < -0.39 is 0 Å². The lowest BCUT2D eigenvalue weighted by Crippen LogP contribution is -2.45. The van der Waals surface area contributed by atoms with Gasteiger partial charge in [-0.05, 0) is 56.5 Å². The minimum absolute atomic E-state index is 0.0118. The first-order chi connectivity index (χ1) is 14.4. The molecule has 2 aromatic carbocycles. The van der Waals surface area contributed by atoms with Crippen molar-refractivity contribution in [2.45, 2.75) is 33.2 Å². The number of fused-ring (bicyclic) bond motifs is 1. The molecule has 1 fully saturated rings. The van der Waals surface area contributed by atoms with Crippen molar-refractivity contribution >= 4 is 11.8 Å². The molecule has 0 saturated carbocycles. The molecule has 4 rings (SSSR count). The zero-order chi connectivity index (χ0) is 21.3. The Kier molecular flexibility index (Phi) is 5.66. The molecule has 2 amide bonds. The number of piperidine rings is 1. The van der Waals surface area contributed by atoms with Gasteiger partial charge in [-0.2, -0.15) is 0 Å². The van der Waals surface area contributed by atoms with Gasteiger partial charge >= 0.3 is 0 Å². The van der Waals surface area contributed by atoms with Crippen LogP contribution in [0.25, 0.3) is 0 Å². The van der Waals surface area contributed by atoms with Crippen LogP contribution in [0.15, 0.2) is 36.4 Å². The molecule has 1 saturated heterocycles. The van der Waals surface area contributed by atoms with Gasteiger partial charge in [0, 0.05) is 32.2 Å². The average molecular weight is 408 g/mol. The summed E-state index contributed by atoms with van der Waals surface area (Å²) in [4.78, 5) is 29.7. The summed E-state index contributed by atoms with van der Waals surface area (Å²) >= 11 is 0. The zero-order valence-electron chi connectivity index (χ0n) is 17.8. The third kappa shape index (κ3) is 4.27. The smallest absolute Gasteiger partial charge is 0.253 e. The van der Waals surface area contributed by atoms with Crippen molar-refractivity contribution in [1.82, 2.24) is 9.80 Å². The second-order valence-electron chi connectivity index (χ2n) is 8.35. The van der Waals surface area contributed by atoms with Crippen molar-refractivity contribution < 1.29 is 19.1 Å². The average Bonchev–Trinajstić information content (AvgIpc) is 3.20. The van der Waals surface area contributed by atoms with Gasteiger partial charge in [-0.25, -0.2) is 0 Å². The van der Waals surface area contributed by atoms with Crippen LogP contribution in [-0.4, -0.2) is 48.5 Å². The molecule has 2 aliphatic rings. The fourth-order valence-corrected chi connectivity index (χ4v) is 4.35. The number of ether oxygens (including phenoxy) is 2. The molecule has 0 unspecified atom stereocenters. The third-order valence-electron chi connectivity index (χ3n) is 5.76. The number of nitrogens with zero attached hydrogens (tertiary/aromatic N) is 2. The maximum absolute atomic E-state index is 13.1. The fraction of sp³-hybridized carbons (Fsp3) is 0.417. The second-order valence-corrected chi connectivity index (χ2v) is 8.35. The van der Waals surface area contributed by atoms with Crippen molar-refractivity contribution in [3.05, 3.63) is 58.7 Å². The molecule has 0 N–H and O–H groups in total. The summed E-state index contributed by atoms with van der Waals surface area (Å²) in [7, 11) is 1.82. The largest absolute Gasteiger partial charge is 0.454 e. The van der Waals surface area contributed by atoms with Gasteiger partial charge in [-0.1, -0.05) is 23.3 Å². The molecule has 2 aromatic rings. The Morgan fingerprint density at radius 2 is 1.80 bits per heavy atom. The number of likely N-dealkylation sites (tertiary alicyclic amines) is 1. The maximum atomic E-state index is 13.1. The van der Waals surface area contributed by atoms with E-state index in [2.05, 4.69) is 6.07 Å². The van der Waals surface area contributed by atoms with E-state index in [4.69, 9.17) is 9.47 Å². The molecule has 0 spiro atoms. The summed E-state index contributed by atoms with van der Waals surface area (Å²) in [5.41, 5.74) is 3.85. The summed E-state index contributed by atoms with van der Waals surface area (Å²) in [6.45, 7) is 5.89. The number of rotatable bonds is 4. The summed E-state index contributed by atoms with van der Waals surface area (Å²) in [6.07, 6.45) is 1.64. The molecule has 6 nitrogen and oxygen atoms in total. The highest BCUT2D eigenvalue weighted by Gasteiger charge is 2.31. The molecular weight excluding hydrogens is 380 g/mol. The minimum Gasteiger partial charge on any atom is -0.454 e. The van der Waals surface area contributed by atoms with E-state index in [0.717, 1.165) is 41.0 Å². The van der Waals surface area contributed by atoms with Crippen molar-refractivity contribution in [3.63, 3.8) is 0 Å². The lowest BCUT2D eigenvalue weighted by Gasteiger charge is -2.34. The Morgan fingerprint density at radius 3 is 2.57 bits per heavy atom. The first kappa shape index (κ1) is 20.3. The van der Waals surface area contributed by atoms with Crippen molar-refractivity contribution in [2.75, 3.05) is 26.9 Å². The number of amides is 2. The van der Waals surface area contributed by atoms with Gasteiger partial charge in [0.1, 0.15) is 0 Å². The summed E-state index contributed by atoms with van der Waals surface area (Å²) in [5.74, 6) is 1.37. The van der Waals surface area contributed by atoms with Gasteiger partial charge in [-0.15, -0.1) is 0 Å². The number of carbonyl (C=O) groups excluding carboxylic acids is 2. The van der Waals surface area contributed by atoms with Gasteiger partial charge in [0.15, 0.2) is 11.5 Å². The van der Waals surface area contributed by atoms with E-state index in [0.29, 0.717) is 25.2 Å². The van der Waals surface area contributed by atoms with Crippen LogP contribution < -0.4 is 9.47 Å².